The average Bonchev–Trinajstić information content (AvgIpc) is 2.03. The molecule has 0 radical (unpaired) electrons. The molecule has 0 aromatic heterocycles. The largest absolute Gasteiger partial charge is 0.382 e. The topological polar surface area (TPSA) is 18.5 Å². The fourth-order valence-corrected chi connectivity index (χ4v) is 1.12. The summed E-state index contributed by atoms with van der Waals surface area (Å²) < 4.78 is 10.5. The van der Waals surface area contributed by atoms with Crippen LogP contribution in [0, 0.1) is 5.92 Å². The molecular formula is C9H20O2. The van der Waals surface area contributed by atoms with E-state index in [0.29, 0.717) is 12.5 Å². The highest BCUT2D eigenvalue weighted by molar-refractivity contribution is 4.79. The van der Waals surface area contributed by atoms with Gasteiger partial charge in [-0.3, -0.25) is 0 Å². The van der Waals surface area contributed by atoms with Gasteiger partial charge in [0.1, 0.15) is 0 Å². The van der Waals surface area contributed by atoms with Crippen LogP contribution in [0.4, 0.5) is 0 Å². The molecule has 2 unspecified atom stereocenters. The fourth-order valence-electron chi connectivity index (χ4n) is 1.12. The Balaban J connectivity index is 4.07. The standard InChI is InChI=1S/C9H20O2/c1-6-8(2)9(3,11-5)7-10-4/h8H,6-7H2,1-5H3. The summed E-state index contributed by atoms with van der Waals surface area (Å²) in [7, 11) is 3.45. The second kappa shape index (κ2) is 4.73. The van der Waals surface area contributed by atoms with E-state index in [1.807, 2.05) is 0 Å². The van der Waals surface area contributed by atoms with Crippen molar-refractivity contribution in [3.63, 3.8) is 0 Å². The van der Waals surface area contributed by atoms with Crippen molar-refractivity contribution >= 4 is 0 Å². The molecule has 0 aromatic rings. The summed E-state index contributed by atoms with van der Waals surface area (Å²) in [6, 6.07) is 0. The van der Waals surface area contributed by atoms with Crippen molar-refractivity contribution in [2.75, 3.05) is 20.8 Å². The van der Waals surface area contributed by atoms with Gasteiger partial charge in [0, 0.05) is 14.2 Å². The highest BCUT2D eigenvalue weighted by Crippen LogP contribution is 2.23. The smallest absolute Gasteiger partial charge is 0.0908 e. The molecule has 0 aliphatic rings. The van der Waals surface area contributed by atoms with Crippen LogP contribution in [0.2, 0.25) is 0 Å². The van der Waals surface area contributed by atoms with E-state index < -0.39 is 0 Å². The Bertz CT molecular complexity index is 104. The maximum absolute atomic E-state index is 5.41. The molecule has 2 atom stereocenters. The predicted molar refractivity (Wildman–Crippen MR) is 46.7 cm³/mol. The highest BCUT2D eigenvalue weighted by Gasteiger charge is 2.29. The van der Waals surface area contributed by atoms with Crippen LogP contribution in [0.25, 0.3) is 0 Å². The van der Waals surface area contributed by atoms with Crippen molar-refractivity contribution in [1.29, 1.82) is 0 Å². The van der Waals surface area contributed by atoms with Crippen LogP contribution < -0.4 is 0 Å². The Morgan fingerprint density at radius 1 is 1.36 bits per heavy atom. The lowest BCUT2D eigenvalue weighted by Crippen LogP contribution is -2.39. The van der Waals surface area contributed by atoms with Crippen LogP contribution in [-0.4, -0.2) is 26.4 Å². The zero-order valence-electron chi connectivity index (χ0n) is 8.31. The molecule has 0 heterocycles. The third-order valence-corrected chi connectivity index (χ3v) is 2.55. The molecule has 0 amide bonds. The first-order chi connectivity index (χ1) is 5.10. The van der Waals surface area contributed by atoms with Crippen molar-refractivity contribution in [1.82, 2.24) is 0 Å². The minimum atomic E-state index is -0.122. The van der Waals surface area contributed by atoms with E-state index in [2.05, 4.69) is 20.8 Å². The van der Waals surface area contributed by atoms with Gasteiger partial charge in [0.25, 0.3) is 0 Å². The van der Waals surface area contributed by atoms with E-state index in [1.54, 1.807) is 14.2 Å². The molecule has 11 heavy (non-hydrogen) atoms. The molecule has 2 heteroatoms. The Hall–Kier alpha value is -0.0800. The maximum Gasteiger partial charge on any atom is 0.0908 e. The van der Waals surface area contributed by atoms with Crippen LogP contribution >= 0.6 is 0 Å². The van der Waals surface area contributed by atoms with Gasteiger partial charge < -0.3 is 9.47 Å². The Morgan fingerprint density at radius 3 is 2.18 bits per heavy atom. The Labute approximate surface area is 69.9 Å². The number of rotatable bonds is 5. The normalized spacial score (nSPS) is 19.4. The molecule has 0 aliphatic carbocycles. The number of ether oxygens (including phenoxy) is 2. The summed E-state index contributed by atoms with van der Waals surface area (Å²) in [5.41, 5.74) is -0.122. The molecule has 0 aliphatic heterocycles. The van der Waals surface area contributed by atoms with Gasteiger partial charge in [-0.15, -0.1) is 0 Å². The van der Waals surface area contributed by atoms with Crippen molar-refractivity contribution in [2.24, 2.45) is 5.92 Å². The van der Waals surface area contributed by atoms with E-state index in [4.69, 9.17) is 9.47 Å². The van der Waals surface area contributed by atoms with Crippen LogP contribution in [0.15, 0.2) is 0 Å². The van der Waals surface area contributed by atoms with E-state index in [9.17, 15) is 0 Å². The third-order valence-electron chi connectivity index (χ3n) is 2.55. The molecule has 0 N–H and O–H groups in total. The molecule has 68 valence electrons. The average molecular weight is 160 g/mol. The molecule has 0 rings (SSSR count). The zero-order valence-corrected chi connectivity index (χ0v) is 8.31. The molecule has 0 saturated heterocycles. The van der Waals surface area contributed by atoms with Crippen LogP contribution in [0.3, 0.4) is 0 Å². The van der Waals surface area contributed by atoms with Gasteiger partial charge in [0.05, 0.1) is 12.2 Å². The molecule has 0 fully saturated rings. The van der Waals surface area contributed by atoms with Crippen LogP contribution in [-0.2, 0) is 9.47 Å². The van der Waals surface area contributed by atoms with E-state index in [1.165, 1.54) is 0 Å². The summed E-state index contributed by atoms with van der Waals surface area (Å²) in [5, 5.41) is 0. The quantitative estimate of drug-likeness (QED) is 0.613. The van der Waals surface area contributed by atoms with E-state index in [-0.39, 0.29) is 5.60 Å². The number of hydrogen-bond acceptors (Lipinski definition) is 2. The first-order valence-corrected chi connectivity index (χ1v) is 4.14. The number of methoxy groups -OCH3 is 2. The monoisotopic (exact) mass is 160 g/mol. The zero-order chi connectivity index (χ0) is 8.91. The first kappa shape index (κ1) is 10.9. The summed E-state index contributed by atoms with van der Waals surface area (Å²) in [5.74, 6) is 0.535. The van der Waals surface area contributed by atoms with Gasteiger partial charge in [0.15, 0.2) is 0 Å². The van der Waals surface area contributed by atoms with E-state index >= 15 is 0 Å². The lowest BCUT2D eigenvalue weighted by Gasteiger charge is -2.33. The Morgan fingerprint density at radius 2 is 1.91 bits per heavy atom. The van der Waals surface area contributed by atoms with Gasteiger partial charge >= 0.3 is 0 Å². The van der Waals surface area contributed by atoms with Crippen LogP contribution in [0.5, 0.6) is 0 Å². The minimum absolute atomic E-state index is 0.122. The third kappa shape index (κ3) is 2.80. The minimum Gasteiger partial charge on any atom is -0.382 e. The maximum atomic E-state index is 5.41. The van der Waals surface area contributed by atoms with Gasteiger partial charge in [-0.2, -0.15) is 0 Å². The van der Waals surface area contributed by atoms with E-state index in [0.717, 1.165) is 6.42 Å². The summed E-state index contributed by atoms with van der Waals surface area (Å²) in [6.45, 7) is 7.10. The summed E-state index contributed by atoms with van der Waals surface area (Å²) in [4.78, 5) is 0. The van der Waals surface area contributed by atoms with Gasteiger partial charge in [-0.1, -0.05) is 20.3 Å². The number of hydrogen-bond donors (Lipinski definition) is 0. The van der Waals surface area contributed by atoms with Crippen LogP contribution in [0.1, 0.15) is 27.2 Å². The lowest BCUT2D eigenvalue weighted by molar-refractivity contribution is -0.0860. The molecule has 0 saturated carbocycles. The molecular weight excluding hydrogens is 140 g/mol. The second-order valence-electron chi connectivity index (χ2n) is 3.26. The molecule has 2 nitrogen and oxygen atoms in total. The van der Waals surface area contributed by atoms with Gasteiger partial charge in [0.2, 0.25) is 0 Å². The molecule has 0 bridgehead atoms. The van der Waals surface area contributed by atoms with Crippen molar-refractivity contribution in [2.45, 2.75) is 32.8 Å². The molecule has 0 aromatic carbocycles. The van der Waals surface area contributed by atoms with Crippen molar-refractivity contribution in [3.8, 4) is 0 Å². The Kier molecular flexibility index (Phi) is 4.69. The fraction of sp³-hybridized carbons (Fsp3) is 1.00. The lowest BCUT2D eigenvalue weighted by atomic mass is 9.89. The molecule has 0 spiro atoms. The highest BCUT2D eigenvalue weighted by atomic mass is 16.5. The first-order valence-electron chi connectivity index (χ1n) is 4.14. The second-order valence-corrected chi connectivity index (χ2v) is 3.26. The van der Waals surface area contributed by atoms with Crippen molar-refractivity contribution in [3.05, 3.63) is 0 Å². The van der Waals surface area contributed by atoms with Gasteiger partial charge in [-0.25, -0.2) is 0 Å². The van der Waals surface area contributed by atoms with Gasteiger partial charge in [-0.05, 0) is 12.8 Å². The SMILES string of the molecule is CCC(C)C(C)(COC)OC. The van der Waals surface area contributed by atoms with Crippen molar-refractivity contribution < 1.29 is 9.47 Å². The summed E-state index contributed by atoms with van der Waals surface area (Å²) in [6.07, 6.45) is 1.12. The summed E-state index contributed by atoms with van der Waals surface area (Å²) >= 11 is 0. The predicted octanol–water partition coefficient (Wildman–Crippen LogP) is 2.08.